The zero-order chi connectivity index (χ0) is 14.7. The molecule has 0 bridgehead atoms. The number of benzene rings is 1. The Morgan fingerprint density at radius 2 is 2.20 bits per heavy atom. The maximum atomic E-state index is 13.8. The Hall–Kier alpha value is -1.20. The summed E-state index contributed by atoms with van der Waals surface area (Å²) in [5.41, 5.74) is -0.265. The van der Waals surface area contributed by atoms with E-state index in [0.717, 1.165) is 31.5 Å². The van der Waals surface area contributed by atoms with Crippen molar-refractivity contribution in [2.24, 2.45) is 0 Å². The lowest BCUT2D eigenvalue weighted by atomic mass is 10.0. The van der Waals surface area contributed by atoms with Gasteiger partial charge in [0, 0.05) is 19.1 Å². The first-order chi connectivity index (χ1) is 9.54. The third kappa shape index (κ3) is 3.10. The number of likely N-dealkylation sites (N-methyl/N-ethyl adjacent to an activating group) is 1. The van der Waals surface area contributed by atoms with E-state index in [1.807, 2.05) is 6.92 Å². The summed E-state index contributed by atoms with van der Waals surface area (Å²) in [5.74, 6) is -2.06. The minimum absolute atomic E-state index is 0.0133. The Kier molecular flexibility index (Phi) is 4.94. The van der Waals surface area contributed by atoms with E-state index in [4.69, 9.17) is 11.6 Å². The van der Waals surface area contributed by atoms with Crippen LogP contribution in [0, 0.1) is 11.6 Å². The molecule has 20 heavy (non-hydrogen) atoms. The summed E-state index contributed by atoms with van der Waals surface area (Å²) in [6, 6.07) is 1.73. The molecule has 1 saturated heterocycles. The molecule has 3 nitrogen and oxygen atoms in total. The normalized spacial score (nSPS) is 18.9. The van der Waals surface area contributed by atoms with E-state index in [1.165, 1.54) is 0 Å². The molecule has 110 valence electrons. The maximum Gasteiger partial charge on any atom is 0.257 e. The number of hydrogen-bond acceptors (Lipinski definition) is 2. The van der Waals surface area contributed by atoms with Gasteiger partial charge in [-0.2, -0.15) is 0 Å². The second-order valence-corrected chi connectivity index (χ2v) is 5.24. The van der Waals surface area contributed by atoms with Gasteiger partial charge in [-0.3, -0.25) is 4.79 Å². The molecule has 6 heteroatoms. The molecule has 0 aromatic heterocycles. The van der Waals surface area contributed by atoms with Crippen LogP contribution in [-0.4, -0.2) is 36.5 Å². The molecule has 0 spiro atoms. The predicted molar refractivity (Wildman–Crippen MR) is 74.0 cm³/mol. The topological polar surface area (TPSA) is 32.3 Å². The molecular weight excluding hydrogens is 286 g/mol. The summed E-state index contributed by atoms with van der Waals surface area (Å²) in [6.45, 7) is 3.88. The van der Waals surface area contributed by atoms with Gasteiger partial charge in [0.05, 0.1) is 10.6 Å². The second kappa shape index (κ2) is 6.50. The minimum Gasteiger partial charge on any atom is -0.335 e. The van der Waals surface area contributed by atoms with Gasteiger partial charge in [-0.1, -0.05) is 11.6 Å². The number of nitrogens with one attached hydrogen (secondary N) is 1. The van der Waals surface area contributed by atoms with Crippen molar-refractivity contribution in [2.45, 2.75) is 25.8 Å². The lowest BCUT2D eigenvalue weighted by Crippen LogP contribution is -2.48. The van der Waals surface area contributed by atoms with Crippen molar-refractivity contribution in [2.75, 3.05) is 19.6 Å². The van der Waals surface area contributed by atoms with Crippen molar-refractivity contribution >= 4 is 17.5 Å². The third-order valence-corrected chi connectivity index (χ3v) is 3.84. The molecular formula is C14H17ClF2N2O. The zero-order valence-electron chi connectivity index (χ0n) is 11.3. The van der Waals surface area contributed by atoms with Gasteiger partial charge in [0.25, 0.3) is 5.91 Å². The van der Waals surface area contributed by atoms with Crippen LogP contribution in [0.5, 0.6) is 0 Å². The van der Waals surface area contributed by atoms with E-state index in [9.17, 15) is 13.6 Å². The smallest absolute Gasteiger partial charge is 0.257 e. The zero-order valence-corrected chi connectivity index (χ0v) is 12.0. The standard InChI is InChI=1S/C14H17ClF2N2O/c1-2-19(9-4-3-5-18-8-9)14(20)10-6-13(17)11(15)7-12(10)16/h6-7,9,18H,2-5,8H2,1H3. The summed E-state index contributed by atoms with van der Waals surface area (Å²) >= 11 is 5.50. The van der Waals surface area contributed by atoms with Crippen LogP contribution in [0.15, 0.2) is 12.1 Å². The average molecular weight is 303 g/mol. The highest BCUT2D eigenvalue weighted by Gasteiger charge is 2.27. The van der Waals surface area contributed by atoms with E-state index in [1.54, 1.807) is 4.90 Å². The summed E-state index contributed by atoms with van der Waals surface area (Å²) < 4.78 is 27.3. The number of halogens is 3. The van der Waals surface area contributed by atoms with Crippen LogP contribution in [0.1, 0.15) is 30.1 Å². The fraction of sp³-hybridized carbons (Fsp3) is 0.500. The molecule has 0 radical (unpaired) electrons. The number of carbonyl (C=O) groups excluding carboxylic acids is 1. The van der Waals surface area contributed by atoms with Crippen molar-refractivity contribution in [1.29, 1.82) is 0 Å². The van der Waals surface area contributed by atoms with Crippen LogP contribution in [0.2, 0.25) is 5.02 Å². The van der Waals surface area contributed by atoms with Crippen molar-refractivity contribution in [3.63, 3.8) is 0 Å². The van der Waals surface area contributed by atoms with E-state index in [2.05, 4.69) is 5.32 Å². The SMILES string of the molecule is CCN(C(=O)c1cc(F)c(Cl)cc1F)C1CCCNC1. The summed E-state index contributed by atoms with van der Waals surface area (Å²) in [4.78, 5) is 14.0. The van der Waals surface area contributed by atoms with Crippen LogP contribution in [-0.2, 0) is 0 Å². The Morgan fingerprint density at radius 3 is 2.80 bits per heavy atom. The highest BCUT2D eigenvalue weighted by Crippen LogP contribution is 2.22. The van der Waals surface area contributed by atoms with Gasteiger partial charge in [0.15, 0.2) is 0 Å². The van der Waals surface area contributed by atoms with Gasteiger partial charge in [-0.05, 0) is 38.4 Å². The van der Waals surface area contributed by atoms with E-state index >= 15 is 0 Å². The van der Waals surface area contributed by atoms with Crippen molar-refractivity contribution in [3.8, 4) is 0 Å². The summed E-state index contributed by atoms with van der Waals surface area (Å²) in [7, 11) is 0. The van der Waals surface area contributed by atoms with E-state index in [0.29, 0.717) is 13.1 Å². The number of nitrogens with zero attached hydrogens (tertiary/aromatic N) is 1. The van der Waals surface area contributed by atoms with Gasteiger partial charge in [-0.25, -0.2) is 8.78 Å². The first kappa shape index (κ1) is 15.2. The molecule has 1 aliphatic heterocycles. The summed E-state index contributed by atoms with van der Waals surface area (Å²) in [5, 5.41) is 2.89. The molecule has 0 aliphatic carbocycles. The average Bonchev–Trinajstić information content (AvgIpc) is 2.44. The Balaban J connectivity index is 2.26. The van der Waals surface area contributed by atoms with Gasteiger partial charge < -0.3 is 10.2 Å². The van der Waals surface area contributed by atoms with Crippen LogP contribution in [0.25, 0.3) is 0 Å². The number of piperidine rings is 1. The Labute approximate surface area is 121 Å². The molecule has 1 unspecified atom stereocenters. The fourth-order valence-electron chi connectivity index (χ4n) is 2.51. The van der Waals surface area contributed by atoms with Crippen molar-refractivity contribution < 1.29 is 13.6 Å². The van der Waals surface area contributed by atoms with Crippen LogP contribution in [0.3, 0.4) is 0 Å². The molecule has 1 aromatic rings. The molecule has 1 heterocycles. The fourth-order valence-corrected chi connectivity index (χ4v) is 2.66. The molecule has 1 atom stereocenters. The Bertz CT molecular complexity index is 504. The van der Waals surface area contributed by atoms with Gasteiger partial charge in [0.2, 0.25) is 0 Å². The van der Waals surface area contributed by atoms with Gasteiger partial charge in [0.1, 0.15) is 11.6 Å². The van der Waals surface area contributed by atoms with Crippen LogP contribution >= 0.6 is 11.6 Å². The molecule has 0 saturated carbocycles. The molecule has 1 aliphatic rings. The molecule has 1 fully saturated rings. The van der Waals surface area contributed by atoms with E-state index < -0.39 is 17.5 Å². The van der Waals surface area contributed by atoms with Crippen molar-refractivity contribution in [3.05, 3.63) is 34.4 Å². The quantitative estimate of drug-likeness (QED) is 0.871. The molecule has 2 rings (SSSR count). The monoisotopic (exact) mass is 302 g/mol. The number of hydrogen-bond donors (Lipinski definition) is 1. The largest absolute Gasteiger partial charge is 0.335 e. The number of carbonyl (C=O) groups is 1. The first-order valence-electron chi connectivity index (χ1n) is 6.70. The van der Waals surface area contributed by atoms with Crippen LogP contribution in [0.4, 0.5) is 8.78 Å². The highest BCUT2D eigenvalue weighted by atomic mass is 35.5. The molecule has 1 aromatic carbocycles. The van der Waals surface area contributed by atoms with E-state index in [-0.39, 0.29) is 16.6 Å². The number of amides is 1. The minimum atomic E-state index is -0.788. The lowest BCUT2D eigenvalue weighted by Gasteiger charge is -2.34. The van der Waals surface area contributed by atoms with Crippen molar-refractivity contribution in [1.82, 2.24) is 10.2 Å². The van der Waals surface area contributed by atoms with Crippen LogP contribution < -0.4 is 5.32 Å². The maximum absolute atomic E-state index is 13.8. The van der Waals surface area contributed by atoms with Gasteiger partial charge in [-0.15, -0.1) is 0 Å². The summed E-state index contributed by atoms with van der Waals surface area (Å²) in [6.07, 6.45) is 1.83. The Morgan fingerprint density at radius 1 is 1.45 bits per heavy atom. The lowest BCUT2D eigenvalue weighted by molar-refractivity contribution is 0.0657. The molecule has 1 N–H and O–H groups in total. The highest BCUT2D eigenvalue weighted by molar-refractivity contribution is 6.30. The first-order valence-corrected chi connectivity index (χ1v) is 7.08. The van der Waals surface area contributed by atoms with Gasteiger partial charge >= 0.3 is 0 Å². The number of rotatable bonds is 3. The predicted octanol–water partition coefficient (Wildman–Crippen LogP) is 2.83. The molecule has 1 amide bonds. The third-order valence-electron chi connectivity index (χ3n) is 3.55. The second-order valence-electron chi connectivity index (χ2n) is 4.84.